The van der Waals surface area contributed by atoms with Gasteiger partial charge in [-0.3, -0.25) is 0 Å². The fourth-order valence-corrected chi connectivity index (χ4v) is 3.20. The number of nitrogens with one attached hydrogen (secondary N) is 1. The largest absolute Gasteiger partial charge is 0.389 e. The molecule has 2 aliphatic rings. The van der Waals surface area contributed by atoms with Gasteiger partial charge in [-0.15, -0.1) is 0 Å². The van der Waals surface area contributed by atoms with Crippen LogP contribution >= 0.6 is 0 Å². The molecule has 3 atom stereocenters. The number of aliphatic hydroxyl groups is 1. The summed E-state index contributed by atoms with van der Waals surface area (Å²) in [5.41, 5.74) is 0. The zero-order valence-electron chi connectivity index (χ0n) is 11.9. The van der Waals surface area contributed by atoms with E-state index >= 15 is 0 Å². The Morgan fingerprint density at radius 3 is 2.61 bits per heavy atom. The molecule has 2 aliphatic carbocycles. The Morgan fingerprint density at radius 1 is 1.22 bits per heavy atom. The lowest BCUT2D eigenvalue weighted by Crippen LogP contribution is -2.44. The maximum Gasteiger partial charge on any atom is 0.0897 e. The summed E-state index contributed by atoms with van der Waals surface area (Å²) < 4.78 is 5.87. The van der Waals surface area contributed by atoms with Gasteiger partial charge in [0.15, 0.2) is 0 Å². The molecule has 0 bridgehead atoms. The van der Waals surface area contributed by atoms with Crippen molar-refractivity contribution in [3.05, 3.63) is 0 Å². The number of rotatable bonds is 6. The summed E-state index contributed by atoms with van der Waals surface area (Å²) in [6.07, 6.45) is 7.60. The molecule has 3 nitrogen and oxygen atoms in total. The first-order valence-electron chi connectivity index (χ1n) is 7.68. The monoisotopic (exact) mass is 255 g/mol. The van der Waals surface area contributed by atoms with Crippen LogP contribution in [0.15, 0.2) is 0 Å². The van der Waals surface area contributed by atoms with E-state index in [1.54, 1.807) is 0 Å². The van der Waals surface area contributed by atoms with Crippen LogP contribution in [-0.4, -0.2) is 36.5 Å². The molecule has 2 fully saturated rings. The molecule has 0 amide bonds. The highest BCUT2D eigenvalue weighted by atomic mass is 16.5. The summed E-state index contributed by atoms with van der Waals surface area (Å²) in [4.78, 5) is 0. The molecule has 0 aliphatic heterocycles. The highest BCUT2D eigenvalue weighted by molar-refractivity contribution is 4.83. The second-order valence-electron chi connectivity index (χ2n) is 6.47. The second kappa shape index (κ2) is 6.88. The average Bonchev–Trinajstić information content (AvgIpc) is 2.32. The highest BCUT2D eigenvalue weighted by Gasteiger charge is 2.26. The van der Waals surface area contributed by atoms with Crippen LogP contribution in [0.4, 0.5) is 0 Å². The van der Waals surface area contributed by atoms with E-state index in [9.17, 15) is 5.11 Å². The van der Waals surface area contributed by atoms with Gasteiger partial charge >= 0.3 is 0 Å². The van der Waals surface area contributed by atoms with Crippen LogP contribution < -0.4 is 5.32 Å². The van der Waals surface area contributed by atoms with E-state index in [0.717, 1.165) is 5.92 Å². The van der Waals surface area contributed by atoms with E-state index in [1.165, 1.54) is 38.5 Å². The third-order valence-corrected chi connectivity index (χ3v) is 4.55. The van der Waals surface area contributed by atoms with Gasteiger partial charge in [-0.2, -0.15) is 0 Å². The van der Waals surface area contributed by atoms with E-state index in [-0.39, 0.29) is 6.10 Å². The predicted octanol–water partition coefficient (Wildman–Crippen LogP) is 2.33. The molecule has 2 saturated carbocycles. The molecule has 0 radical (unpaired) electrons. The lowest BCUT2D eigenvalue weighted by atomic mass is 9.82. The summed E-state index contributed by atoms with van der Waals surface area (Å²) in [6.45, 7) is 5.72. The third-order valence-electron chi connectivity index (χ3n) is 4.55. The normalized spacial score (nSPS) is 38.2. The minimum Gasteiger partial charge on any atom is -0.389 e. The van der Waals surface area contributed by atoms with E-state index in [1.807, 2.05) is 0 Å². The zero-order valence-corrected chi connectivity index (χ0v) is 11.9. The molecule has 3 unspecified atom stereocenters. The number of hydrogen-bond donors (Lipinski definition) is 2. The first kappa shape index (κ1) is 14.3. The van der Waals surface area contributed by atoms with Crippen molar-refractivity contribution in [2.24, 2.45) is 11.8 Å². The van der Waals surface area contributed by atoms with Crippen LogP contribution in [0.5, 0.6) is 0 Å². The molecule has 2 N–H and O–H groups in total. The molecular weight excluding hydrogens is 226 g/mol. The van der Waals surface area contributed by atoms with E-state index in [2.05, 4.69) is 19.2 Å². The maximum atomic E-state index is 9.91. The predicted molar refractivity (Wildman–Crippen MR) is 73.6 cm³/mol. The van der Waals surface area contributed by atoms with Crippen molar-refractivity contribution in [3.63, 3.8) is 0 Å². The smallest absolute Gasteiger partial charge is 0.0897 e. The Bertz CT molecular complexity index is 241. The summed E-state index contributed by atoms with van der Waals surface area (Å²) >= 11 is 0. The van der Waals surface area contributed by atoms with Crippen molar-refractivity contribution in [1.29, 1.82) is 0 Å². The van der Waals surface area contributed by atoms with Crippen molar-refractivity contribution in [1.82, 2.24) is 5.32 Å². The molecule has 3 heteroatoms. The van der Waals surface area contributed by atoms with E-state index < -0.39 is 0 Å². The van der Waals surface area contributed by atoms with E-state index in [0.29, 0.717) is 31.2 Å². The molecule has 0 aromatic rings. The van der Waals surface area contributed by atoms with Crippen molar-refractivity contribution in [2.45, 2.75) is 70.6 Å². The van der Waals surface area contributed by atoms with Crippen molar-refractivity contribution >= 4 is 0 Å². The van der Waals surface area contributed by atoms with Crippen LogP contribution in [0, 0.1) is 11.8 Å². The first-order chi connectivity index (χ1) is 8.65. The number of aliphatic hydroxyl groups excluding tert-OH is 1. The Balaban J connectivity index is 1.55. The number of ether oxygens (including phenoxy) is 1. The summed E-state index contributed by atoms with van der Waals surface area (Å²) in [5, 5.41) is 13.3. The standard InChI is InChI=1S/C15H29NO2/c1-11-7-13(8-11)16-9-14(17)10-18-15-6-4-3-5-12(15)2/h11-17H,3-10H2,1-2H3. The molecule has 18 heavy (non-hydrogen) atoms. The minimum atomic E-state index is -0.352. The van der Waals surface area contributed by atoms with Crippen molar-refractivity contribution in [2.75, 3.05) is 13.2 Å². The lowest BCUT2D eigenvalue weighted by molar-refractivity contribution is -0.0463. The van der Waals surface area contributed by atoms with Crippen molar-refractivity contribution in [3.8, 4) is 0 Å². The molecule has 0 aromatic heterocycles. The third kappa shape index (κ3) is 4.22. The SMILES string of the molecule is CC1CC(NCC(O)COC2CCCCC2C)C1. The van der Waals surface area contributed by atoms with Gasteiger partial charge in [0.05, 0.1) is 18.8 Å². The van der Waals surface area contributed by atoms with Gasteiger partial charge in [-0.05, 0) is 37.5 Å². The molecule has 106 valence electrons. The fourth-order valence-electron chi connectivity index (χ4n) is 3.20. The summed E-state index contributed by atoms with van der Waals surface area (Å²) in [5.74, 6) is 1.52. The van der Waals surface area contributed by atoms with Gasteiger partial charge in [0, 0.05) is 12.6 Å². The molecular formula is C15H29NO2. The van der Waals surface area contributed by atoms with Gasteiger partial charge in [-0.1, -0.05) is 26.7 Å². The Labute approximate surface area is 111 Å². The van der Waals surface area contributed by atoms with Crippen LogP contribution in [0.1, 0.15) is 52.4 Å². The highest BCUT2D eigenvalue weighted by Crippen LogP contribution is 2.27. The first-order valence-corrected chi connectivity index (χ1v) is 7.68. The van der Waals surface area contributed by atoms with Gasteiger partial charge in [-0.25, -0.2) is 0 Å². The van der Waals surface area contributed by atoms with Gasteiger partial charge < -0.3 is 15.2 Å². The van der Waals surface area contributed by atoms with Crippen molar-refractivity contribution < 1.29 is 9.84 Å². The lowest BCUT2D eigenvalue weighted by Gasteiger charge is -2.34. The Kier molecular flexibility index (Phi) is 5.46. The van der Waals surface area contributed by atoms with E-state index in [4.69, 9.17) is 4.74 Å². The molecule has 2 rings (SSSR count). The molecule has 0 spiro atoms. The van der Waals surface area contributed by atoms with Gasteiger partial charge in [0.2, 0.25) is 0 Å². The minimum absolute atomic E-state index is 0.352. The molecule has 0 saturated heterocycles. The fraction of sp³-hybridized carbons (Fsp3) is 1.00. The van der Waals surface area contributed by atoms with Crippen LogP contribution in [0.25, 0.3) is 0 Å². The Morgan fingerprint density at radius 2 is 1.94 bits per heavy atom. The molecule has 0 aromatic carbocycles. The van der Waals surface area contributed by atoms with Gasteiger partial charge in [0.25, 0.3) is 0 Å². The second-order valence-corrected chi connectivity index (χ2v) is 6.47. The van der Waals surface area contributed by atoms with Crippen LogP contribution in [0.3, 0.4) is 0 Å². The average molecular weight is 255 g/mol. The Hall–Kier alpha value is -0.120. The van der Waals surface area contributed by atoms with Gasteiger partial charge in [0.1, 0.15) is 0 Å². The quantitative estimate of drug-likeness (QED) is 0.765. The topological polar surface area (TPSA) is 41.5 Å². The van der Waals surface area contributed by atoms with Crippen LogP contribution in [-0.2, 0) is 4.74 Å². The maximum absolute atomic E-state index is 9.91. The summed E-state index contributed by atoms with van der Waals surface area (Å²) in [7, 11) is 0. The zero-order chi connectivity index (χ0) is 13.0. The summed E-state index contributed by atoms with van der Waals surface area (Å²) in [6, 6.07) is 0.628. The van der Waals surface area contributed by atoms with Crippen LogP contribution in [0.2, 0.25) is 0 Å². The number of hydrogen-bond acceptors (Lipinski definition) is 3. The molecule has 0 heterocycles.